The molecule has 0 saturated heterocycles. The normalized spacial score (nSPS) is 37.9. The van der Waals surface area contributed by atoms with Crippen molar-refractivity contribution in [3.05, 3.63) is 0 Å². The van der Waals surface area contributed by atoms with Gasteiger partial charge in [0.25, 0.3) is 0 Å². The zero-order valence-corrected chi connectivity index (χ0v) is 10.8. The maximum atomic E-state index is 11.1. The van der Waals surface area contributed by atoms with Gasteiger partial charge in [0, 0.05) is 11.8 Å². The van der Waals surface area contributed by atoms with Crippen LogP contribution < -0.4 is 5.73 Å². The van der Waals surface area contributed by atoms with Crippen LogP contribution in [-0.2, 0) is 9.84 Å². The van der Waals surface area contributed by atoms with Crippen molar-refractivity contribution in [2.24, 2.45) is 17.6 Å². The molecule has 3 unspecified atom stereocenters. The predicted molar refractivity (Wildman–Crippen MR) is 63.4 cm³/mol. The van der Waals surface area contributed by atoms with Gasteiger partial charge in [-0.3, -0.25) is 0 Å². The lowest BCUT2D eigenvalue weighted by atomic mass is 9.68. The van der Waals surface area contributed by atoms with Gasteiger partial charge in [0.2, 0.25) is 0 Å². The minimum Gasteiger partial charge on any atom is -0.325 e. The van der Waals surface area contributed by atoms with Crippen LogP contribution in [0.5, 0.6) is 0 Å². The molecule has 1 aliphatic carbocycles. The van der Waals surface area contributed by atoms with Crippen LogP contribution in [-0.4, -0.2) is 26.0 Å². The van der Waals surface area contributed by atoms with E-state index in [1.54, 1.807) is 0 Å². The quantitative estimate of drug-likeness (QED) is 0.805. The van der Waals surface area contributed by atoms with Gasteiger partial charge < -0.3 is 5.73 Å². The summed E-state index contributed by atoms with van der Waals surface area (Å²) in [5.74, 6) is 1.26. The molecule has 0 amide bonds. The Bertz CT molecular complexity index is 313. The van der Waals surface area contributed by atoms with Gasteiger partial charge in [0.15, 0.2) is 0 Å². The SMILES string of the molecule is CC1CCCC(N)(CCS(C)(=O)=O)C1C. The van der Waals surface area contributed by atoms with E-state index in [2.05, 4.69) is 13.8 Å². The lowest BCUT2D eigenvalue weighted by Crippen LogP contribution is -2.51. The monoisotopic (exact) mass is 233 g/mol. The van der Waals surface area contributed by atoms with E-state index in [9.17, 15) is 8.42 Å². The zero-order chi connectivity index (χ0) is 11.7. The molecule has 0 heterocycles. The summed E-state index contributed by atoms with van der Waals surface area (Å²) < 4.78 is 22.3. The molecule has 1 saturated carbocycles. The van der Waals surface area contributed by atoms with Crippen molar-refractivity contribution in [3.63, 3.8) is 0 Å². The molecular weight excluding hydrogens is 210 g/mol. The Morgan fingerprint density at radius 2 is 2.00 bits per heavy atom. The van der Waals surface area contributed by atoms with Gasteiger partial charge in [-0.25, -0.2) is 8.42 Å². The molecule has 0 aromatic rings. The Morgan fingerprint density at radius 3 is 2.53 bits per heavy atom. The van der Waals surface area contributed by atoms with Gasteiger partial charge in [0.05, 0.1) is 5.75 Å². The van der Waals surface area contributed by atoms with Crippen molar-refractivity contribution in [1.82, 2.24) is 0 Å². The largest absolute Gasteiger partial charge is 0.325 e. The average molecular weight is 233 g/mol. The summed E-state index contributed by atoms with van der Waals surface area (Å²) in [5, 5.41) is 0. The molecule has 0 spiro atoms. The Balaban J connectivity index is 2.64. The number of sulfone groups is 1. The first-order valence-electron chi connectivity index (χ1n) is 5.71. The molecule has 4 heteroatoms. The third-order valence-electron chi connectivity index (χ3n) is 4.00. The molecule has 1 aliphatic rings. The van der Waals surface area contributed by atoms with Crippen LogP contribution in [0.2, 0.25) is 0 Å². The van der Waals surface area contributed by atoms with Crippen molar-refractivity contribution in [3.8, 4) is 0 Å². The van der Waals surface area contributed by atoms with E-state index in [1.165, 1.54) is 12.7 Å². The Hall–Kier alpha value is -0.0900. The summed E-state index contributed by atoms with van der Waals surface area (Å²) in [6.07, 6.45) is 5.21. The predicted octanol–water partition coefficient (Wildman–Crippen LogP) is 1.57. The Kier molecular flexibility index (Phi) is 3.82. The highest BCUT2D eigenvalue weighted by atomic mass is 32.2. The van der Waals surface area contributed by atoms with E-state index in [1.807, 2.05) is 0 Å². The highest BCUT2D eigenvalue weighted by Crippen LogP contribution is 2.38. The van der Waals surface area contributed by atoms with Crippen LogP contribution >= 0.6 is 0 Å². The van der Waals surface area contributed by atoms with Crippen LogP contribution in [0.4, 0.5) is 0 Å². The van der Waals surface area contributed by atoms with Crippen LogP contribution in [0.25, 0.3) is 0 Å². The molecule has 0 aromatic heterocycles. The highest BCUT2D eigenvalue weighted by molar-refractivity contribution is 7.90. The standard InChI is InChI=1S/C11H23NO2S/c1-9-5-4-6-11(12,10(9)2)7-8-15(3,13)14/h9-10H,4-8,12H2,1-3H3. The molecule has 0 aliphatic heterocycles. The molecule has 1 fully saturated rings. The second-order valence-corrected chi connectivity index (χ2v) is 7.53. The van der Waals surface area contributed by atoms with Crippen molar-refractivity contribution < 1.29 is 8.42 Å². The van der Waals surface area contributed by atoms with Gasteiger partial charge in [-0.15, -0.1) is 0 Å². The first-order valence-corrected chi connectivity index (χ1v) is 7.77. The second kappa shape index (κ2) is 4.42. The van der Waals surface area contributed by atoms with E-state index in [-0.39, 0.29) is 11.3 Å². The summed E-state index contributed by atoms with van der Waals surface area (Å²) in [5.41, 5.74) is 6.07. The van der Waals surface area contributed by atoms with E-state index in [4.69, 9.17) is 5.73 Å². The number of rotatable bonds is 3. The van der Waals surface area contributed by atoms with Gasteiger partial charge in [-0.1, -0.05) is 26.7 Å². The molecule has 3 atom stereocenters. The van der Waals surface area contributed by atoms with E-state index in [0.29, 0.717) is 18.3 Å². The van der Waals surface area contributed by atoms with Gasteiger partial charge in [-0.2, -0.15) is 0 Å². The van der Waals surface area contributed by atoms with Crippen LogP contribution in [0.1, 0.15) is 39.5 Å². The smallest absolute Gasteiger partial charge is 0.147 e. The molecule has 0 bridgehead atoms. The van der Waals surface area contributed by atoms with Gasteiger partial charge in [-0.05, 0) is 24.7 Å². The van der Waals surface area contributed by atoms with Crippen molar-refractivity contribution in [2.75, 3.05) is 12.0 Å². The molecular formula is C11H23NO2S. The van der Waals surface area contributed by atoms with Crippen molar-refractivity contribution in [1.29, 1.82) is 0 Å². The molecule has 90 valence electrons. The first kappa shape index (κ1) is 13.0. The zero-order valence-electron chi connectivity index (χ0n) is 9.99. The Morgan fingerprint density at radius 1 is 1.40 bits per heavy atom. The van der Waals surface area contributed by atoms with Crippen molar-refractivity contribution >= 4 is 9.84 Å². The lowest BCUT2D eigenvalue weighted by molar-refractivity contribution is 0.140. The summed E-state index contributed by atoms with van der Waals surface area (Å²) in [4.78, 5) is 0. The molecule has 2 N–H and O–H groups in total. The van der Waals surface area contributed by atoms with Gasteiger partial charge in [0.1, 0.15) is 9.84 Å². The van der Waals surface area contributed by atoms with Crippen molar-refractivity contribution in [2.45, 2.75) is 45.1 Å². The lowest BCUT2D eigenvalue weighted by Gasteiger charge is -2.43. The fraction of sp³-hybridized carbons (Fsp3) is 1.00. The molecule has 3 nitrogen and oxygen atoms in total. The number of hydrogen-bond acceptors (Lipinski definition) is 3. The van der Waals surface area contributed by atoms with E-state index < -0.39 is 9.84 Å². The minimum absolute atomic E-state index is 0.223. The summed E-state index contributed by atoms with van der Waals surface area (Å²) in [6, 6.07) is 0. The minimum atomic E-state index is -2.88. The maximum Gasteiger partial charge on any atom is 0.147 e. The molecule has 1 rings (SSSR count). The van der Waals surface area contributed by atoms with Gasteiger partial charge >= 0.3 is 0 Å². The average Bonchev–Trinajstić information content (AvgIpc) is 2.10. The summed E-state index contributed by atoms with van der Waals surface area (Å²) >= 11 is 0. The third kappa shape index (κ3) is 3.45. The third-order valence-corrected chi connectivity index (χ3v) is 4.95. The van der Waals surface area contributed by atoms with Crippen LogP contribution in [0.3, 0.4) is 0 Å². The molecule has 15 heavy (non-hydrogen) atoms. The van der Waals surface area contributed by atoms with Crippen LogP contribution in [0, 0.1) is 11.8 Å². The van der Waals surface area contributed by atoms with E-state index >= 15 is 0 Å². The molecule has 0 radical (unpaired) electrons. The summed E-state index contributed by atoms with van der Waals surface area (Å²) in [7, 11) is -2.88. The van der Waals surface area contributed by atoms with E-state index in [0.717, 1.165) is 12.8 Å². The topological polar surface area (TPSA) is 60.2 Å². The highest BCUT2D eigenvalue weighted by Gasteiger charge is 2.38. The number of hydrogen-bond donors (Lipinski definition) is 1. The summed E-state index contributed by atoms with van der Waals surface area (Å²) in [6.45, 7) is 4.37. The fourth-order valence-electron chi connectivity index (χ4n) is 2.53. The number of nitrogens with two attached hydrogens (primary N) is 1. The fourth-order valence-corrected chi connectivity index (χ4v) is 3.28. The maximum absolute atomic E-state index is 11.1. The Labute approximate surface area is 93.3 Å². The molecule has 0 aromatic carbocycles. The second-order valence-electron chi connectivity index (χ2n) is 5.27. The van der Waals surface area contributed by atoms with Crippen LogP contribution in [0.15, 0.2) is 0 Å². The first-order chi connectivity index (χ1) is 6.75.